The lowest BCUT2D eigenvalue weighted by Gasteiger charge is -2.39. The zero-order chi connectivity index (χ0) is 35.1. The molecule has 254 valence electrons. The average Bonchev–Trinajstić information content (AvgIpc) is 3.16. The number of fused-ring (bicyclic) bond motifs is 6. The van der Waals surface area contributed by atoms with Crippen molar-refractivity contribution < 1.29 is 14.3 Å². The number of aromatic nitrogens is 2. The molecule has 0 saturated heterocycles. The maximum absolute atomic E-state index is 14.3. The molecule has 1 aliphatic carbocycles. The fourth-order valence-corrected chi connectivity index (χ4v) is 7.83. The third kappa shape index (κ3) is 5.90. The maximum atomic E-state index is 14.3. The van der Waals surface area contributed by atoms with E-state index in [-0.39, 0.29) is 23.8 Å². The number of aryl methyl sites for hydroxylation is 1. The number of amides is 1. The van der Waals surface area contributed by atoms with Crippen LogP contribution in [0.3, 0.4) is 0 Å². The number of rotatable bonds is 7. The number of hydrogen-bond acceptors (Lipinski definition) is 8. The number of benzene rings is 5. The van der Waals surface area contributed by atoms with Crippen LogP contribution in [0.5, 0.6) is 11.5 Å². The number of anilines is 2. The van der Waals surface area contributed by atoms with Crippen molar-refractivity contribution >= 4 is 51.5 Å². The Kier molecular flexibility index (Phi) is 8.31. The lowest BCUT2D eigenvalue weighted by atomic mass is 9.75. The van der Waals surface area contributed by atoms with Gasteiger partial charge in [-0.3, -0.25) is 4.79 Å². The fourth-order valence-electron chi connectivity index (χ4n) is 7.83. The predicted molar refractivity (Wildman–Crippen MR) is 203 cm³/mol. The van der Waals surface area contributed by atoms with E-state index in [1.54, 1.807) is 43.8 Å². The quantitative estimate of drug-likeness (QED) is 0.134. The van der Waals surface area contributed by atoms with Gasteiger partial charge in [0, 0.05) is 29.8 Å². The van der Waals surface area contributed by atoms with Crippen LogP contribution in [-0.2, 0) is 24.1 Å². The lowest BCUT2D eigenvalue weighted by Crippen LogP contribution is -2.38. The van der Waals surface area contributed by atoms with Crippen molar-refractivity contribution in [3.63, 3.8) is 0 Å². The second-order valence-electron chi connectivity index (χ2n) is 13.2. The molecule has 0 radical (unpaired) electrons. The van der Waals surface area contributed by atoms with E-state index in [9.17, 15) is 4.79 Å². The molecule has 4 N–H and O–H groups in total. The summed E-state index contributed by atoms with van der Waals surface area (Å²) in [5.74, 6) is 1.41. The van der Waals surface area contributed by atoms with Crippen LogP contribution >= 0.6 is 0 Å². The van der Waals surface area contributed by atoms with Crippen molar-refractivity contribution in [2.75, 3.05) is 25.7 Å². The van der Waals surface area contributed by atoms with E-state index in [1.807, 2.05) is 24.3 Å². The number of nitrogen functional groups attached to an aromatic ring is 2. The SMILES string of the molecule is COc1cc(Cc2cnc(N)nc2N)cc(/C=C/C(=O)N2N=Cc3ccccc3C2C2CCc3ccc4c(ccc5ccccc54)c3C2)c1OC. The molecule has 9 heteroatoms. The van der Waals surface area contributed by atoms with Gasteiger partial charge in [-0.1, -0.05) is 72.8 Å². The molecule has 51 heavy (non-hydrogen) atoms. The molecule has 0 fully saturated rings. The minimum Gasteiger partial charge on any atom is -0.493 e. The van der Waals surface area contributed by atoms with Gasteiger partial charge in [0.25, 0.3) is 5.91 Å². The number of methoxy groups -OCH3 is 2. The molecule has 0 saturated carbocycles. The van der Waals surface area contributed by atoms with Crippen molar-refractivity contribution in [3.05, 3.63) is 136 Å². The van der Waals surface area contributed by atoms with Gasteiger partial charge in [0.15, 0.2) is 11.5 Å². The van der Waals surface area contributed by atoms with Crippen LogP contribution in [-0.4, -0.2) is 41.3 Å². The minimum atomic E-state index is -0.233. The van der Waals surface area contributed by atoms with Crippen LogP contribution in [0.15, 0.2) is 102 Å². The van der Waals surface area contributed by atoms with Crippen LogP contribution < -0.4 is 20.9 Å². The number of hydrazone groups is 1. The number of carbonyl (C=O) groups is 1. The van der Waals surface area contributed by atoms with E-state index in [0.29, 0.717) is 29.3 Å². The van der Waals surface area contributed by atoms with E-state index in [0.717, 1.165) is 41.5 Å². The fraction of sp³-hybridized carbons (Fsp3) is 0.190. The molecule has 8 rings (SSSR count). The summed E-state index contributed by atoms with van der Waals surface area (Å²) in [5, 5.41) is 11.5. The molecule has 1 aromatic heterocycles. The summed E-state index contributed by atoms with van der Waals surface area (Å²) in [6, 6.07) is 29.5. The van der Waals surface area contributed by atoms with E-state index >= 15 is 0 Å². The summed E-state index contributed by atoms with van der Waals surface area (Å²) in [6.45, 7) is 0. The Labute approximate surface area is 296 Å². The summed E-state index contributed by atoms with van der Waals surface area (Å²) in [4.78, 5) is 22.4. The third-order valence-electron chi connectivity index (χ3n) is 10.2. The summed E-state index contributed by atoms with van der Waals surface area (Å²) < 4.78 is 11.4. The zero-order valence-corrected chi connectivity index (χ0v) is 28.5. The third-order valence-corrected chi connectivity index (χ3v) is 10.2. The van der Waals surface area contributed by atoms with Crippen molar-refractivity contribution in [1.29, 1.82) is 0 Å². The number of carbonyl (C=O) groups excluding carboxylic acids is 1. The molecule has 2 heterocycles. The lowest BCUT2D eigenvalue weighted by molar-refractivity contribution is -0.129. The Balaban J connectivity index is 1.13. The van der Waals surface area contributed by atoms with Crippen molar-refractivity contribution in [2.45, 2.75) is 31.7 Å². The molecule has 6 aromatic rings. The molecule has 2 aliphatic rings. The van der Waals surface area contributed by atoms with Crippen LogP contribution in [0.1, 0.15) is 51.4 Å². The molecule has 1 amide bonds. The second kappa shape index (κ2) is 13.2. The monoisotopic (exact) mass is 674 g/mol. The average molecular weight is 675 g/mol. The first-order valence-corrected chi connectivity index (χ1v) is 17.1. The van der Waals surface area contributed by atoms with Gasteiger partial charge in [0.2, 0.25) is 5.95 Å². The number of nitrogens with zero attached hydrogens (tertiary/aromatic N) is 4. The Hall–Kier alpha value is -6.22. The van der Waals surface area contributed by atoms with Crippen LogP contribution in [0.4, 0.5) is 11.8 Å². The molecule has 0 spiro atoms. The minimum absolute atomic E-state index is 0.117. The van der Waals surface area contributed by atoms with Gasteiger partial charge >= 0.3 is 0 Å². The highest BCUT2D eigenvalue weighted by Crippen LogP contribution is 2.43. The first-order valence-electron chi connectivity index (χ1n) is 17.1. The highest BCUT2D eigenvalue weighted by atomic mass is 16.5. The summed E-state index contributed by atoms with van der Waals surface area (Å²) >= 11 is 0. The molecule has 5 aromatic carbocycles. The topological polar surface area (TPSA) is 129 Å². The standard InChI is InChI=1S/C42H38N6O3/c1-50-37-21-25(20-31-23-45-42(44)47-41(31)43)19-29(40(37)51-2)15-18-38(49)48-39(33-10-6-4-8-30(33)24-46-48)28-12-11-27-14-16-34-32-9-5-3-7-26(32)13-17-35(34)36(27)22-28/h3-10,13-19,21,23-24,28,39H,11-12,20,22H2,1-2H3,(H4,43,44,45,47)/b18-15+. The Morgan fingerprint density at radius 3 is 2.61 bits per heavy atom. The first-order chi connectivity index (χ1) is 24.9. The normalized spacial score (nSPS) is 16.7. The van der Waals surface area contributed by atoms with Gasteiger partial charge in [-0.2, -0.15) is 10.1 Å². The van der Waals surface area contributed by atoms with Gasteiger partial charge in [-0.05, 0) is 92.8 Å². The van der Waals surface area contributed by atoms with Gasteiger partial charge in [-0.25, -0.2) is 9.99 Å². The highest BCUT2D eigenvalue weighted by Gasteiger charge is 2.37. The van der Waals surface area contributed by atoms with E-state index < -0.39 is 0 Å². The molecule has 2 atom stereocenters. The molecule has 0 bridgehead atoms. The van der Waals surface area contributed by atoms with Gasteiger partial charge < -0.3 is 20.9 Å². The van der Waals surface area contributed by atoms with Gasteiger partial charge in [0.05, 0.1) is 26.5 Å². The Morgan fingerprint density at radius 1 is 0.941 bits per heavy atom. The zero-order valence-electron chi connectivity index (χ0n) is 28.5. The number of nitrogens with two attached hydrogens (primary N) is 2. The van der Waals surface area contributed by atoms with Crippen molar-refractivity contribution in [3.8, 4) is 11.5 Å². The second-order valence-corrected chi connectivity index (χ2v) is 13.2. The largest absolute Gasteiger partial charge is 0.493 e. The Morgan fingerprint density at radius 2 is 1.76 bits per heavy atom. The molecular formula is C42H38N6O3. The predicted octanol–water partition coefficient (Wildman–Crippen LogP) is 7.29. The summed E-state index contributed by atoms with van der Waals surface area (Å²) in [6.07, 6.45) is 9.90. The molecule has 2 unspecified atom stereocenters. The molecular weight excluding hydrogens is 637 g/mol. The smallest absolute Gasteiger partial charge is 0.267 e. The van der Waals surface area contributed by atoms with E-state index in [2.05, 4.69) is 70.6 Å². The van der Waals surface area contributed by atoms with Crippen molar-refractivity contribution in [1.82, 2.24) is 15.0 Å². The first kappa shape index (κ1) is 32.0. The van der Waals surface area contributed by atoms with Crippen molar-refractivity contribution in [2.24, 2.45) is 11.0 Å². The molecule has 9 nitrogen and oxygen atoms in total. The maximum Gasteiger partial charge on any atom is 0.267 e. The summed E-state index contributed by atoms with van der Waals surface area (Å²) in [5.41, 5.74) is 19.0. The molecule has 1 aliphatic heterocycles. The highest BCUT2D eigenvalue weighted by molar-refractivity contribution is 6.08. The Bertz CT molecular complexity index is 2390. The van der Waals surface area contributed by atoms with Gasteiger partial charge in [-0.15, -0.1) is 0 Å². The summed E-state index contributed by atoms with van der Waals surface area (Å²) in [7, 11) is 3.16. The van der Waals surface area contributed by atoms with E-state index in [1.165, 1.54) is 32.7 Å². The van der Waals surface area contributed by atoms with E-state index in [4.69, 9.17) is 26.0 Å². The number of ether oxygens (including phenoxy) is 2. The number of hydrogen-bond donors (Lipinski definition) is 2. The van der Waals surface area contributed by atoms with Crippen LogP contribution in [0, 0.1) is 5.92 Å². The van der Waals surface area contributed by atoms with Crippen LogP contribution in [0.2, 0.25) is 0 Å². The van der Waals surface area contributed by atoms with Gasteiger partial charge in [0.1, 0.15) is 5.82 Å². The van der Waals surface area contributed by atoms with Crippen LogP contribution in [0.25, 0.3) is 27.6 Å².